The van der Waals surface area contributed by atoms with Gasteiger partial charge in [0, 0.05) is 37.4 Å². The van der Waals surface area contributed by atoms with Crippen LogP contribution in [0, 0.1) is 5.92 Å². The van der Waals surface area contributed by atoms with Crippen molar-refractivity contribution >= 4 is 11.7 Å². The molecule has 2 heterocycles. The van der Waals surface area contributed by atoms with Gasteiger partial charge in [0.2, 0.25) is 0 Å². The van der Waals surface area contributed by atoms with Crippen LogP contribution >= 0.6 is 0 Å². The van der Waals surface area contributed by atoms with Crippen molar-refractivity contribution in [3.63, 3.8) is 0 Å². The smallest absolute Gasteiger partial charge is 0.319 e. The summed E-state index contributed by atoms with van der Waals surface area (Å²) in [5, 5.41) is 5.96. The van der Waals surface area contributed by atoms with Crippen LogP contribution in [0.25, 0.3) is 0 Å². The van der Waals surface area contributed by atoms with Crippen molar-refractivity contribution in [3.05, 3.63) is 18.2 Å². The van der Waals surface area contributed by atoms with E-state index in [9.17, 15) is 4.79 Å². The van der Waals surface area contributed by atoms with E-state index in [4.69, 9.17) is 9.47 Å². The van der Waals surface area contributed by atoms with Crippen LogP contribution in [0.3, 0.4) is 0 Å². The Labute approximate surface area is 143 Å². The lowest BCUT2D eigenvalue weighted by molar-refractivity contribution is 0.171. The molecule has 1 saturated heterocycles. The number of fused-ring (bicyclic) bond motifs is 1. The first kappa shape index (κ1) is 16.9. The molecule has 0 atom stereocenters. The molecule has 3 rings (SSSR count). The first-order valence-electron chi connectivity index (χ1n) is 8.79. The Hall–Kier alpha value is -1.95. The number of amides is 2. The zero-order chi connectivity index (χ0) is 16.9. The maximum absolute atomic E-state index is 12.2. The van der Waals surface area contributed by atoms with Gasteiger partial charge < -0.3 is 25.0 Å². The second-order valence-electron chi connectivity index (χ2n) is 6.93. The van der Waals surface area contributed by atoms with Crippen LogP contribution in [-0.2, 0) is 0 Å². The quantitative estimate of drug-likeness (QED) is 0.889. The van der Waals surface area contributed by atoms with Crippen molar-refractivity contribution in [2.75, 3.05) is 38.2 Å². The number of likely N-dealkylation sites (tertiary alicyclic amines) is 1. The van der Waals surface area contributed by atoms with E-state index >= 15 is 0 Å². The zero-order valence-electron chi connectivity index (χ0n) is 14.5. The van der Waals surface area contributed by atoms with E-state index in [1.165, 1.54) is 0 Å². The van der Waals surface area contributed by atoms with E-state index in [-0.39, 0.29) is 12.1 Å². The topological polar surface area (TPSA) is 62.8 Å². The molecule has 24 heavy (non-hydrogen) atoms. The molecule has 0 saturated carbocycles. The molecule has 0 radical (unpaired) electrons. The van der Waals surface area contributed by atoms with Gasteiger partial charge in [0.15, 0.2) is 11.5 Å². The molecule has 0 aromatic heterocycles. The molecule has 0 aliphatic carbocycles. The van der Waals surface area contributed by atoms with Gasteiger partial charge in [-0.3, -0.25) is 0 Å². The number of ether oxygens (including phenoxy) is 2. The van der Waals surface area contributed by atoms with Crippen molar-refractivity contribution in [2.45, 2.75) is 32.7 Å². The van der Waals surface area contributed by atoms with Crippen LogP contribution in [0.4, 0.5) is 10.5 Å². The largest absolute Gasteiger partial charge is 0.486 e. The van der Waals surface area contributed by atoms with Gasteiger partial charge in [0.1, 0.15) is 13.2 Å². The summed E-state index contributed by atoms with van der Waals surface area (Å²) in [6, 6.07) is 5.55. The predicted molar refractivity (Wildman–Crippen MR) is 93.9 cm³/mol. The van der Waals surface area contributed by atoms with E-state index in [2.05, 4.69) is 29.4 Å². The van der Waals surface area contributed by atoms with Gasteiger partial charge in [-0.1, -0.05) is 13.8 Å². The molecule has 2 N–H and O–H groups in total. The summed E-state index contributed by atoms with van der Waals surface area (Å²) >= 11 is 0. The first-order valence-corrected chi connectivity index (χ1v) is 8.79. The van der Waals surface area contributed by atoms with Gasteiger partial charge >= 0.3 is 6.03 Å². The summed E-state index contributed by atoms with van der Waals surface area (Å²) in [6.45, 7) is 8.82. The lowest BCUT2D eigenvalue weighted by Crippen LogP contribution is -2.46. The molecular formula is C18H27N3O3. The fourth-order valence-electron chi connectivity index (χ4n) is 3.25. The zero-order valence-corrected chi connectivity index (χ0v) is 14.5. The first-order chi connectivity index (χ1) is 11.6. The maximum Gasteiger partial charge on any atom is 0.319 e. The molecule has 0 bridgehead atoms. The highest BCUT2D eigenvalue weighted by Crippen LogP contribution is 2.32. The Kier molecular flexibility index (Phi) is 5.45. The summed E-state index contributed by atoms with van der Waals surface area (Å²) in [6.07, 6.45) is 2.00. The predicted octanol–water partition coefficient (Wildman–Crippen LogP) is 2.70. The molecule has 6 nitrogen and oxygen atoms in total. The van der Waals surface area contributed by atoms with Crippen LogP contribution in [-0.4, -0.2) is 49.8 Å². The molecular weight excluding hydrogens is 306 g/mol. The minimum atomic E-state index is -0.158. The summed E-state index contributed by atoms with van der Waals surface area (Å²) < 4.78 is 11.0. The Morgan fingerprint density at radius 3 is 2.62 bits per heavy atom. The van der Waals surface area contributed by atoms with Crippen molar-refractivity contribution in [1.29, 1.82) is 0 Å². The molecule has 1 fully saturated rings. The highest BCUT2D eigenvalue weighted by molar-refractivity contribution is 5.89. The van der Waals surface area contributed by atoms with Crippen LogP contribution in [0.15, 0.2) is 18.2 Å². The molecule has 1 aromatic carbocycles. The monoisotopic (exact) mass is 333 g/mol. The average molecular weight is 333 g/mol. The van der Waals surface area contributed by atoms with Crippen LogP contribution in [0.2, 0.25) is 0 Å². The molecule has 2 aliphatic heterocycles. The van der Waals surface area contributed by atoms with E-state index in [1.807, 2.05) is 12.1 Å². The van der Waals surface area contributed by atoms with Crippen LogP contribution in [0.5, 0.6) is 11.5 Å². The van der Waals surface area contributed by atoms with Crippen molar-refractivity contribution < 1.29 is 14.3 Å². The highest BCUT2D eigenvalue weighted by atomic mass is 16.6. The second kappa shape index (κ2) is 7.75. The number of urea groups is 1. The van der Waals surface area contributed by atoms with Gasteiger partial charge in [-0.15, -0.1) is 0 Å². The number of rotatable bonds is 4. The third-order valence-electron chi connectivity index (χ3n) is 4.35. The normalized spacial score (nSPS) is 18.5. The highest BCUT2D eigenvalue weighted by Gasteiger charge is 2.21. The molecule has 1 aromatic rings. The number of nitrogens with zero attached hydrogens (tertiary/aromatic N) is 1. The molecule has 0 unspecified atom stereocenters. The van der Waals surface area contributed by atoms with Crippen molar-refractivity contribution in [1.82, 2.24) is 10.2 Å². The third-order valence-corrected chi connectivity index (χ3v) is 4.35. The Morgan fingerprint density at radius 2 is 1.92 bits per heavy atom. The lowest BCUT2D eigenvalue weighted by atomic mass is 10.0. The average Bonchev–Trinajstić information content (AvgIpc) is 2.56. The maximum atomic E-state index is 12.2. The van der Waals surface area contributed by atoms with Crippen molar-refractivity contribution in [3.8, 4) is 11.5 Å². The number of piperidine rings is 1. The van der Waals surface area contributed by atoms with E-state index in [1.54, 1.807) is 6.07 Å². The van der Waals surface area contributed by atoms with Gasteiger partial charge in [-0.05, 0) is 30.9 Å². The summed E-state index contributed by atoms with van der Waals surface area (Å²) in [5.74, 6) is 2.10. The molecule has 6 heteroatoms. The standard InChI is InChI=1S/C18H27N3O3/c1-13(2)12-21-7-5-14(6-8-21)19-18(22)20-15-3-4-16-17(11-15)24-10-9-23-16/h3-4,11,13-14H,5-10,12H2,1-2H3,(H2,19,20,22). The van der Waals surface area contributed by atoms with E-state index < -0.39 is 0 Å². The second-order valence-corrected chi connectivity index (χ2v) is 6.93. The number of hydrogen-bond acceptors (Lipinski definition) is 4. The van der Waals surface area contributed by atoms with Crippen LogP contribution in [0.1, 0.15) is 26.7 Å². The fraction of sp³-hybridized carbons (Fsp3) is 0.611. The number of anilines is 1. The number of hydrogen-bond donors (Lipinski definition) is 2. The minimum Gasteiger partial charge on any atom is -0.486 e. The van der Waals surface area contributed by atoms with E-state index in [0.717, 1.165) is 38.2 Å². The summed E-state index contributed by atoms with van der Waals surface area (Å²) in [4.78, 5) is 14.7. The summed E-state index contributed by atoms with van der Waals surface area (Å²) in [5.41, 5.74) is 0.717. The van der Waals surface area contributed by atoms with Gasteiger partial charge in [0.05, 0.1) is 0 Å². The lowest BCUT2D eigenvalue weighted by Gasteiger charge is -2.33. The van der Waals surface area contributed by atoms with Gasteiger partial charge in [-0.25, -0.2) is 4.79 Å². The van der Waals surface area contributed by atoms with Crippen LogP contribution < -0.4 is 20.1 Å². The molecule has 132 valence electrons. The molecule has 2 amide bonds. The SMILES string of the molecule is CC(C)CN1CCC(NC(=O)Nc2ccc3c(c2)OCCO3)CC1. The van der Waals surface area contributed by atoms with Crippen molar-refractivity contribution in [2.24, 2.45) is 5.92 Å². The third kappa shape index (κ3) is 4.54. The number of benzene rings is 1. The van der Waals surface area contributed by atoms with Gasteiger partial charge in [-0.2, -0.15) is 0 Å². The number of nitrogens with one attached hydrogen (secondary N) is 2. The molecule has 2 aliphatic rings. The molecule has 0 spiro atoms. The number of carbonyl (C=O) groups is 1. The number of carbonyl (C=O) groups excluding carboxylic acids is 1. The fourth-order valence-corrected chi connectivity index (χ4v) is 3.25. The Balaban J connectivity index is 1.46. The minimum absolute atomic E-state index is 0.158. The van der Waals surface area contributed by atoms with Gasteiger partial charge in [0.25, 0.3) is 0 Å². The Bertz CT molecular complexity index is 569. The van der Waals surface area contributed by atoms with E-state index in [0.29, 0.717) is 30.6 Å². The Morgan fingerprint density at radius 1 is 1.21 bits per heavy atom. The summed E-state index contributed by atoms with van der Waals surface area (Å²) in [7, 11) is 0.